The van der Waals surface area contributed by atoms with Gasteiger partial charge in [-0.15, -0.1) is 0 Å². The first-order valence-electron chi connectivity index (χ1n) is 13.4. The second kappa shape index (κ2) is 10.5. The van der Waals surface area contributed by atoms with E-state index in [1.54, 1.807) is 6.07 Å². The van der Waals surface area contributed by atoms with Crippen molar-refractivity contribution >= 4 is 32.9 Å². The van der Waals surface area contributed by atoms with Gasteiger partial charge in [-0.2, -0.15) is 0 Å². The number of pyridine rings is 1. The van der Waals surface area contributed by atoms with E-state index in [2.05, 4.69) is 14.9 Å². The minimum absolute atomic E-state index is 0.162. The predicted octanol–water partition coefficient (Wildman–Crippen LogP) is 4.35. The first kappa shape index (κ1) is 26.9. The topological polar surface area (TPSA) is 97.8 Å². The van der Waals surface area contributed by atoms with Crippen LogP contribution < -0.4 is 19.8 Å². The van der Waals surface area contributed by atoms with Gasteiger partial charge in [0.25, 0.3) is 5.92 Å². The molecule has 0 amide bonds. The first-order chi connectivity index (χ1) is 18.1. The van der Waals surface area contributed by atoms with E-state index in [1.807, 2.05) is 36.1 Å². The molecule has 1 aromatic heterocycles. The number of nitrogens with one attached hydrogen (secondary N) is 2. The van der Waals surface area contributed by atoms with Crippen LogP contribution in [-0.2, 0) is 16.6 Å². The number of aliphatic hydroxyl groups excluding tert-OH is 1. The number of sulfonamides is 1. The molecule has 3 N–H and O–H groups in total. The van der Waals surface area contributed by atoms with Gasteiger partial charge >= 0.3 is 0 Å². The van der Waals surface area contributed by atoms with Gasteiger partial charge in [-0.05, 0) is 73.9 Å². The Balaban J connectivity index is 1.34. The monoisotopic (exact) mass is 549 g/mol. The summed E-state index contributed by atoms with van der Waals surface area (Å²) in [5, 5.41) is 12.6. The van der Waals surface area contributed by atoms with Crippen LogP contribution in [0, 0.1) is 12.3 Å². The van der Waals surface area contributed by atoms with Crippen molar-refractivity contribution in [1.82, 2.24) is 4.98 Å². The molecular formula is C27H37F2N5O3S. The number of alkyl halides is 2. The maximum Gasteiger partial charge on any atom is 0.251 e. The number of hydrogen-bond acceptors (Lipinski definition) is 7. The van der Waals surface area contributed by atoms with Gasteiger partial charge in [-0.3, -0.25) is 4.72 Å². The predicted molar refractivity (Wildman–Crippen MR) is 147 cm³/mol. The van der Waals surface area contributed by atoms with E-state index in [0.29, 0.717) is 17.6 Å². The summed E-state index contributed by atoms with van der Waals surface area (Å²) in [5.74, 6) is -2.24. The number of anilines is 4. The highest BCUT2D eigenvalue weighted by Gasteiger charge is 2.44. The third kappa shape index (κ3) is 6.48. The highest BCUT2D eigenvalue weighted by atomic mass is 32.2. The summed E-state index contributed by atoms with van der Waals surface area (Å²) < 4.78 is 54.4. The van der Waals surface area contributed by atoms with Crippen LogP contribution in [0.15, 0.2) is 30.3 Å². The van der Waals surface area contributed by atoms with Crippen LogP contribution >= 0.6 is 0 Å². The number of aromatic nitrogens is 1. The summed E-state index contributed by atoms with van der Waals surface area (Å²) in [6.07, 6.45) is 4.53. The lowest BCUT2D eigenvalue weighted by molar-refractivity contribution is -0.0221. The van der Waals surface area contributed by atoms with E-state index in [-0.39, 0.29) is 31.7 Å². The zero-order chi connectivity index (χ0) is 27.0. The molecule has 208 valence electrons. The van der Waals surface area contributed by atoms with Crippen molar-refractivity contribution in [3.8, 4) is 0 Å². The van der Waals surface area contributed by atoms with Gasteiger partial charge in [0.1, 0.15) is 5.82 Å². The van der Waals surface area contributed by atoms with Crippen LogP contribution in [0.4, 0.5) is 31.7 Å². The molecule has 0 unspecified atom stereocenters. The summed E-state index contributed by atoms with van der Waals surface area (Å²) >= 11 is 0. The van der Waals surface area contributed by atoms with Crippen LogP contribution in [0.3, 0.4) is 0 Å². The number of piperidine rings is 2. The third-order valence-electron chi connectivity index (χ3n) is 8.04. The van der Waals surface area contributed by atoms with Crippen molar-refractivity contribution < 1.29 is 22.3 Å². The minimum Gasteiger partial charge on any atom is -0.395 e. The highest BCUT2D eigenvalue weighted by Crippen LogP contribution is 2.54. The molecule has 1 aromatic carbocycles. The van der Waals surface area contributed by atoms with Crippen molar-refractivity contribution in [2.24, 2.45) is 5.41 Å². The number of halogens is 2. The van der Waals surface area contributed by atoms with Crippen molar-refractivity contribution in [3.63, 3.8) is 0 Å². The number of aliphatic hydroxyl groups is 1. The average Bonchev–Trinajstić information content (AvgIpc) is 3.61. The Kier molecular flexibility index (Phi) is 7.43. The smallest absolute Gasteiger partial charge is 0.251 e. The van der Waals surface area contributed by atoms with Crippen molar-refractivity contribution in [2.45, 2.75) is 57.9 Å². The second-order valence-corrected chi connectivity index (χ2v) is 12.9. The number of rotatable bonds is 9. The van der Waals surface area contributed by atoms with E-state index < -0.39 is 22.6 Å². The highest BCUT2D eigenvalue weighted by molar-refractivity contribution is 7.92. The molecule has 5 rings (SSSR count). The molecule has 3 heterocycles. The van der Waals surface area contributed by atoms with Gasteiger partial charge in [0.2, 0.25) is 10.0 Å². The Labute approximate surface area is 223 Å². The van der Waals surface area contributed by atoms with Crippen molar-refractivity contribution in [1.29, 1.82) is 0 Å². The molecule has 2 aromatic rings. The quantitative estimate of drug-likeness (QED) is 0.428. The lowest BCUT2D eigenvalue weighted by Gasteiger charge is -2.35. The van der Waals surface area contributed by atoms with Crippen LogP contribution in [0.2, 0.25) is 0 Å². The Hall–Kier alpha value is -2.66. The fourth-order valence-corrected chi connectivity index (χ4v) is 6.31. The minimum atomic E-state index is -3.64. The molecule has 3 fully saturated rings. The van der Waals surface area contributed by atoms with E-state index in [0.717, 1.165) is 54.4 Å². The maximum absolute atomic E-state index is 13.6. The van der Waals surface area contributed by atoms with Gasteiger partial charge in [0, 0.05) is 39.0 Å². The lowest BCUT2D eigenvalue weighted by Crippen LogP contribution is -2.39. The van der Waals surface area contributed by atoms with Crippen molar-refractivity contribution in [3.05, 3.63) is 41.6 Å². The van der Waals surface area contributed by atoms with E-state index in [9.17, 15) is 17.2 Å². The van der Waals surface area contributed by atoms with Gasteiger partial charge in [0.05, 0.1) is 41.7 Å². The molecule has 0 atom stereocenters. The van der Waals surface area contributed by atoms with Gasteiger partial charge in [-0.1, -0.05) is 0 Å². The van der Waals surface area contributed by atoms with Crippen LogP contribution in [0.25, 0.3) is 0 Å². The summed E-state index contributed by atoms with van der Waals surface area (Å²) in [7, 11) is -3.64. The number of hydrogen-bond donors (Lipinski definition) is 3. The van der Waals surface area contributed by atoms with Gasteiger partial charge in [0.15, 0.2) is 0 Å². The van der Waals surface area contributed by atoms with Crippen LogP contribution in [0.5, 0.6) is 0 Å². The summed E-state index contributed by atoms with van der Waals surface area (Å²) in [6.45, 7) is 4.37. The number of aryl methyl sites for hydroxylation is 1. The molecule has 0 radical (unpaired) electrons. The molecule has 0 bridgehead atoms. The molecule has 1 saturated carbocycles. The Morgan fingerprint density at radius 3 is 2.32 bits per heavy atom. The molecule has 11 heteroatoms. The molecule has 1 spiro atoms. The number of nitrogens with zero attached hydrogens (tertiary/aromatic N) is 3. The standard InChI is InChI=1S/C27H37F2N5O3S/c1-20-16-22(31-25(17-20)34-12-8-27(28,29)9-13-34)19-30-23-3-2-21(32-38(36,37)15-14-35)18-24(23)33-10-6-26(4-5-26)7-11-33/h2-3,16-18,30,32,35H,4-15,19H2,1H3. The summed E-state index contributed by atoms with van der Waals surface area (Å²) in [6, 6.07) is 9.37. The molecule has 2 aliphatic heterocycles. The summed E-state index contributed by atoms with van der Waals surface area (Å²) in [5.41, 5.74) is 4.60. The Morgan fingerprint density at radius 1 is 0.974 bits per heavy atom. The largest absolute Gasteiger partial charge is 0.395 e. The Morgan fingerprint density at radius 2 is 1.66 bits per heavy atom. The third-order valence-corrected chi connectivity index (χ3v) is 9.31. The van der Waals surface area contributed by atoms with Gasteiger partial charge in [-0.25, -0.2) is 22.2 Å². The molecule has 2 saturated heterocycles. The van der Waals surface area contributed by atoms with E-state index >= 15 is 0 Å². The lowest BCUT2D eigenvalue weighted by atomic mass is 9.93. The normalized spacial score (nSPS) is 20.4. The number of benzene rings is 1. The molecule has 1 aliphatic carbocycles. The van der Waals surface area contributed by atoms with Crippen LogP contribution in [-0.4, -0.2) is 63.0 Å². The summed E-state index contributed by atoms with van der Waals surface area (Å²) in [4.78, 5) is 8.99. The molecule has 8 nitrogen and oxygen atoms in total. The average molecular weight is 550 g/mol. The zero-order valence-electron chi connectivity index (χ0n) is 21.8. The van der Waals surface area contributed by atoms with E-state index in [1.165, 1.54) is 12.8 Å². The Bertz CT molecular complexity index is 1250. The van der Waals surface area contributed by atoms with Crippen LogP contribution in [0.1, 0.15) is 49.8 Å². The fraction of sp³-hybridized carbons (Fsp3) is 0.593. The maximum atomic E-state index is 13.6. The molecule has 3 aliphatic rings. The van der Waals surface area contributed by atoms with E-state index in [4.69, 9.17) is 10.1 Å². The van der Waals surface area contributed by atoms with Gasteiger partial charge < -0.3 is 20.2 Å². The second-order valence-electron chi connectivity index (χ2n) is 11.1. The first-order valence-corrected chi connectivity index (χ1v) is 15.1. The van der Waals surface area contributed by atoms with Crippen molar-refractivity contribution in [2.75, 3.05) is 58.4 Å². The molecular weight excluding hydrogens is 512 g/mol. The fourth-order valence-electron chi connectivity index (χ4n) is 5.48. The molecule has 38 heavy (non-hydrogen) atoms. The SMILES string of the molecule is Cc1cc(CNc2ccc(NS(=O)(=O)CCO)cc2N2CCC3(CC2)CC3)nc(N2CCC(F)(F)CC2)c1. The zero-order valence-corrected chi connectivity index (χ0v) is 22.7.